The Balaban J connectivity index is 2.38. The molecule has 108 valence electrons. The standard InChI is InChI=1S/C15H15N3O3/c1-8-17-11-4-2-3-10(16)14(11)15(21)18(8)12-6-5-9(19)7-13(12)20/h2-4,12H,5-7,16H2,1H3/i1D2,6D2. The molecule has 2 N–H and O–H groups in total. The average molecular weight is 289 g/mol. The molecule has 3 rings (SSSR count). The zero-order valence-electron chi connectivity index (χ0n) is 15.0. The molecule has 1 heterocycles. The van der Waals surface area contributed by atoms with Gasteiger partial charge < -0.3 is 5.73 Å². The summed E-state index contributed by atoms with van der Waals surface area (Å²) in [6.07, 6.45) is -3.35. The molecule has 1 aromatic heterocycles. The Bertz CT molecular complexity index is 955. The first kappa shape index (κ1) is 9.44. The third-order valence-electron chi connectivity index (χ3n) is 3.42. The van der Waals surface area contributed by atoms with Crippen LogP contribution in [0.15, 0.2) is 23.0 Å². The molecule has 0 amide bonds. The fraction of sp³-hybridized carbons (Fsp3) is 0.333. The summed E-state index contributed by atoms with van der Waals surface area (Å²) < 4.78 is 32.2. The lowest BCUT2D eigenvalue weighted by Gasteiger charge is -2.24. The summed E-state index contributed by atoms with van der Waals surface area (Å²) in [7, 11) is 0. The summed E-state index contributed by atoms with van der Waals surface area (Å²) in [5, 5.41) is -0.00704. The number of nitrogens with zero attached hydrogens (tertiary/aromatic N) is 2. The largest absolute Gasteiger partial charge is 0.398 e. The van der Waals surface area contributed by atoms with Gasteiger partial charge in [0.25, 0.3) is 5.56 Å². The van der Waals surface area contributed by atoms with Gasteiger partial charge in [0.2, 0.25) is 0 Å². The van der Waals surface area contributed by atoms with Gasteiger partial charge in [0, 0.05) is 17.6 Å². The van der Waals surface area contributed by atoms with Gasteiger partial charge in [0.05, 0.1) is 23.4 Å². The minimum atomic E-state index is -2.32. The van der Waals surface area contributed by atoms with Crippen molar-refractivity contribution in [3.05, 3.63) is 34.4 Å². The number of fused-ring (bicyclic) bond motifs is 1. The quantitative estimate of drug-likeness (QED) is 0.627. The van der Waals surface area contributed by atoms with E-state index in [0.717, 1.165) is 4.57 Å². The van der Waals surface area contributed by atoms with Gasteiger partial charge in [-0.15, -0.1) is 0 Å². The molecule has 21 heavy (non-hydrogen) atoms. The highest BCUT2D eigenvalue weighted by molar-refractivity contribution is 6.03. The number of carbonyl (C=O) groups excluding carboxylic acids is 2. The highest BCUT2D eigenvalue weighted by atomic mass is 16.2. The van der Waals surface area contributed by atoms with Crippen molar-refractivity contribution < 1.29 is 15.1 Å². The van der Waals surface area contributed by atoms with Gasteiger partial charge in [-0.3, -0.25) is 19.0 Å². The second-order valence-corrected chi connectivity index (χ2v) is 4.85. The van der Waals surface area contributed by atoms with E-state index in [1.807, 2.05) is 0 Å². The first-order valence-corrected chi connectivity index (χ1v) is 6.33. The van der Waals surface area contributed by atoms with Gasteiger partial charge >= 0.3 is 0 Å². The van der Waals surface area contributed by atoms with Crippen LogP contribution >= 0.6 is 0 Å². The summed E-state index contributed by atoms with van der Waals surface area (Å²) in [5.74, 6) is -1.69. The molecule has 1 atom stereocenters. The normalized spacial score (nSPS) is 24.5. The molecule has 0 aliphatic heterocycles. The Hall–Kier alpha value is -2.50. The summed E-state index contributed by atoms with van der Waals surface area (Å²) >= 11 is 0. The number of anilines is 1. The average Bonchev–Trinajstić information content (AvgIpc) is 2.47. The van der Waals surface area contributed by atoms with E-state index in [-0.39, 0.29) is 22.4 Å². The Morgan fingerprint density at radius 2 is 2.24 bits per heavy atom. The van der Waals surface area contributed by atoms with Gasteiger partial charge in [-0.25, -0.2) is 4.98 Å². The van der Waals surface area contributed by atoms with Crippen LogP contribution in [0.2, 0.25) is 0 Å². The van der Waals surface area contributed by atoms with Crippen molar-refractivity contribution >= 4 is 28.2 Å². The molecule has 6 nitrogen and oxygen atoms in total. The fourth-order valence-electron chi connectivity index (χ4n) is 2.45. The van der Waals surface area contributed by atoms with Crippen LogP contribution < -0.4 is 11.3 Å². The molecule has 1 saturated carbocycles. The lowest BCUT2D eigenvalue weighted by Crippen LogP contribution is -2.36. The topological polar surface area (TPSA) is 95.0 Å². The van der Waals surface area contributed by atoms with E-state index >= 15 is 0 Å². The van der Waals surface area contributed by atoms with Gasteiger partial charge in [0.15, 0.2) is 5.78 Å². The minimum Gasteiger partial charge on any atom is -0.398 e. The molecule has 6 heteroatoms. The third kappa shape index (κ3) is 2.12. The zero-order chi connectivity index (χ0) is 18.5. The number of Topliss-reactive ketones (excluding diaryl/α,β-unsaturated/α-hetero) is 2. The molecule has 0 spiro atoms. The van der Waals surface area contributed by atoms with Crippen LogP contribution in [0.5, 0.6) is 0 Å². The lowest BCUT2D eigenvalue weighted by molar-refractivity contribution is -0.132. The van der Waals surface area contributed by atoms with E-state index in [1.165, 1.54) is 12.1 Å². The Labute approximate surface area is 126 Å². The van der Waals surface area contributed by atoms with E-state index < -0.39 is 49.3 Å². The summed E-state index contributed by atoms with van der Waals surface area (Å²) in [6.45, 7) is -1.72. The molecule has 1 unspecified atom stereocenters. The van der Waals surface area contributed by atoms with E-state index in [4.69, 9.17) is 11.2 Å². The molecule has 0 saturated heterocycles. The van der Waals surface area contributed by atoms with E-state index in [0.29, 0.717) is 0 Å². The first-order chi connectivity index (χ1) is 11.6. The molecular weight excluding hydrogens is 270 g/mol. The molecule has 1 aromatic carbocycles. The lowest BCUT2D eigenvalue weighted by atomic mass is 9.92. The maximum Gasteiger partial charge on any atom is 0.264 e. The SMILES string of the molecule is [2H]C([2H])c1nc2cccc(N)c2c(=O)n1C1C(=O)CC(=O)CC1([2H])[2H]. The number of carbonyl (C=O) groups is 2. The monoisotopic (exact) mass is 289 g/mol. The number of hydrogen-bond acceptors (Lipinski definition) is 5. The summed E-state index contributed by atoms with van der Waals surface area (Å²) in [4.78, 5) is 41.0. The molecule has 0 radical (unpaired) electrons. The number of ketones is 2. The third-order valence-corrected chi connectivity index (χ3v) is 3.42. The van der Waals surface area contributed by atoms with Crippen LogP contribution in [0.3, 0.4) is 0 Å². The van der Waals surface area contributed by atoms with Crippen molar-refractivity contribution in [2.75, 3.05) is 5.73 Å². The van der Waals surface area contributed by atoms with Crippen LogP contribution in [0.4, 0.5) is 5.69 Å². The number of nitrogen functional groups attached to an aromatic ring is 1. The molecule has 2 aromatic rings. The second kappa shape index (κ2) is 4.80. The molecular formula is C15H15N3O3. The van der Waals surface area contributed by atoms with Crippen molar-refractivity contribution in [1.82, 2.24) is 9.55 Å². The highest BCUT2D eigenvalue weighted by Crippen LogP contribution is 2.24. The number of nitrogens with two attached hydrogens (primary N) is 1. The maximum atomic E-state index is 13.0. The van der Waals surface area contributed by atoms with E-state index in [9.17, 15) is 14.4 Å². The summed E-state index contributed by atoms with van der Waals surface area (Å²) in [6, 6.07) is 2.90. The number of benzene rings is 1. The number of hydrogen-bond donors (Lipinski definition) is 1. The van der Waals surface area contributed by atoms with Crippen LogP contribution in [0.1, 0.15) is 36.6 Å². The fourth-order valence-corrected chi connectivity index (χ4v) is 2.45. The van der Waals surface area contributed by atoms with Gasteiger partial charge in [-0.05, 0) is 25.4 Å². The molecule has 1 aliphatic rings. The Kier molecular flexibility index (Phi) is 2.16. The smallest absolute Gasteiger partial charge is 0.264 e. The van der Waals surface area contributed by atoms with Crippen LogP contribution in [-0.4, -0.2) is 21.1 Å². The zero-order valence-corrected chi connectivity index (χ0v) is 11.0. The Morgan fingerprint density at radius 3 is 2.95 bits per heavy atom. The van der Waals surface area contributed by atoms with Gasteiger partial charge in [0.1, 0.15) is 11.6 Å². The molecule has 1 fully saturated rings. The van der Waals surface area contributed by atoms with Crippen molar-refractivity contribution in [2.45, 2.75) is 32.1 Å². The van der Waals surface area contributed by atoms with Crippen molar-refractivity contribution in [3.63, 3.8) is 0 Å². The predicted molar refractivity (Wildman–Crippen MR) is 78.1 cm³/mol. The predicted octanol–water partition coefficient (Wildman–Crippen LogP) is 1.15. The number of rotatable bonds is 1. The molecule has 0 bridgehead atoms. The van der Waals surface area contributed by atoms with Crippen molar-refractivity contribution in [2.24, 2.45) is 0 Å². The van der Waals surface area contributed by atoms with Crippen molar-refractivity contribution in [3.8, 4) is 0 Å². The van der Waals surface area contributed by atoms with Crippen LogP contribution in [0.25, 0.3) is 10.9 Å². The van der Waals surface area contributed by atoms with E-state index in [2.05, 4.69) is 4.98 Å². The highest BCUT2D eigenvalue weighted by Gasteiger charge is 2.30. The van der Waals surface area contributed by atoms with Crippen LogP contribution in [-0.2, 0) is 9.59 Å². The van der Waals surface area contributed by atoms with Crippen LogP contribution in [0, 0.1) is 6.88 Å². The molecule has 1 aliphatic carbocycles. The second-order valence-electron chi connectivity index (χ2n) is 4.85. The minimum absolute atomic E-state index is 0.00704. The summed E-state index contributed by atoms with van der Waals surface area (Å²) in [5.41, 5.74) is 5.30. The Morgan fingerprint density at radius 1 is 1.43 bits per heavy atom. The maximum absolute atomic E-state index is 13.0. The van der Waals surface area contributed by atoms with Crippen molar-refractivity contribution in [1.29, 1.82) is 0 Å². The first-order valence-electron chi connectivity index (χ1n) is 8.48. The van der Waals surface area contributed by atoms with Gasteiger partial charge in [-0.1, -0.05) is 6.07 Å². The number of aromatic nitrogens is 2. The van der Waals surface area contributed by atoms with E-state index in [1.54, 1.807) is 6.07 Å². The number of aryl methyl sites for hydroxylation is 1. The van der Waals surface area contributed by atoms with Gasteiger partial charge in [-0.2, -0.15) is 0 Å².